The first-order valence-corrected chi connectivity index (χ1v) is 6.71. The number of aromatic nitrogens is 2. The molecule has 1 aromatic heterocycles. The first-order valence-electron chi connectivity index (χ1n) is 5.17. The fourth-order valence-electron chi connectivity index (χ4n) is 1.37. The van der Waals surface area contributed by atoms with E-state index in [0.717, 1.165) is 24.4 Å². The molecule has 0 saturated carbocycles. The van der Waals surface area contributed by atoms with Gasteiger partial charge in [0, 0.05) is 12.3 Å². The zero-order valence-corrected chi connectivity index (χ0v) is 10.7. The summed E-state index contributed by atoms with van der Waals surface area (Å²) in [6, 6.07) is 0. The molecular weight excluding hydrogens is 232 g/mol. The molecule has 0 bridgehead atoms. The maximum atomic E-state index is 9.96. The molecule has 0 aliphatic carbocycles. The van der Waals surface area contributed by atoms with Gasteiger partial charge in [-0.2, -0.15) is 16.9 Å². The molecule has 3 nitrogen and oxygen atoms in total. The van der Waals surface area contributed by atoms with Gasteiger partial charge in [-0.25, -0.2) is 0 Å². The lowest BCUT2D eigenvalue weighted by atomic mass is 10.3. The van der Waals surface area contributed by atoms with Crippen LogP contribution >= 0.6 is 23.4 Å². The molecule has 1 rings (SSSR count). The van der Waals surface area contributed by atoms with Gasteiger partial charge in [0.1, 0.15) is 6.10 Å². The van der Waals surface area contributed by atoms with Crippen LogP contribution in [0.5, 0.6) is 0 Å². The van der Waals surface area contributed by atoms with Crippen molar-refractivity contribution in [3.05, 3.63) is 16.9 Å². The number of halogens is 1. The number of hydrogen-bond donors (Lipinski definition) is 1. The summed E-state index contributed by atoms with van der Waals surface area (Å²) in [6.07, 6.45) is 2.20. The SMILES string of the molecule is CCCSCC(O)c1c(Cl)cnn1CC. The minimum Gasteiger partial charge on any atom is -0.386 e. The van der Waals surface area contributed by atoms with Crippen LogP contribution in [0.3, 0.4) is 0 Å². The zero-order chi connectivity index (χ0) is 11.3. The van der Waals surface area contributed by atoms with Crippen LogP contribution in [-0.4, -0.2) is 26.4 Å². The van der Waals surface area contributed by atoms with E-state index in [1.54, 1.807) is 22.6 Å². The van der Waals surface area contributed by atoms with Crippen LogP contribution in [0.1, 0.15) is 32.1 Å². The average molecular weight is 249 g/mol. The monoisotopic (exact) mass is 248 g/mol. The molecule has 1 N–H and O–H groups in total. The molecule has 0 fully saturated rings. The lowest BCUT2D eigenvalue weighted by Gasteiger charge is -2.12. The topological polar surface area (TPSA) is 38.1 Å². The van der Waals surface area contributed by atoms with Crippen molar-refractivity contribution in [3.63, 3.8) is 0 Å². The van der Waals surface area contributed by atoms with Gasteiger partial charge in [-0.3, -0.25) is 4.68 Å². The highest BCUT2D eigenvalue weighted by atomic mass is 35.5. The normalized spacial score (nSPS) is 13.1. The number of nitrogens with zero attached hydrogens (tertiary/aromatic N) is 2. The first-order chi connectivity index (χ1) is 7.20. The summed E-state index contributed by atoms with van der Waals surface area (Å²) in [6.45, 7) is 4.85. The molecule has 1 aromatic rings. The van der Waals surface area contributed by atoms with E-state index >= 15 is 0 Å². The molecule has 0 aliphatic heterocycles. The molecule has 0 radical (unpaired) electrons. The highest BCUT2D eigenvalue weighted by Gasteiger charge is 2.16. The molecular formula is C10H17ClN2OS. The fraction of sp³-hybridized carbons (Fsp3) is 0.700. The van der Waals surface area contributed by atoms with Crippen molar-refractivity contribution in [2.75, 3.05) is 11.5 Å². The molecule has 1 unspecified atom stereocenters. The van der Waals surface area contributed by atoms with Gasteiger partial charge in [0.2, 0.25) is 0 Å². The molecule has 5 heteroatoms. The van der Waals surface area contributed by atoms with Crippen molar-refractivity contribution < 1.29 is 5.11 Å². The Kier molecular flexibility index (Phi) is 5.50. The second-order valence-electron chi connectivity index (χ2n) is 3.28. The minimum absolute atomic E-state index is 0.517. The van der Waals surface area contributed by atoms with Gasteiger partial charge in [-0.15, -0.1) is 0 Å². The third-order valence-corrected chi connectivity index (χ3v) is 3.61. The van der Waals surface area contributed by atoms with Crippen LogP contribution in [0.15, 0.2) is 6.20 Å². The molecule has 1 atom stereocenters. The summed E-state index contributed by atoms with van der Waals surface area (Å²) in [5.41, 5.74) is 0.739. The lowest BCUT2D eigenvalue weighted by Crippen LogP contribution is -2.10. The molecule has 0 saturated heterocycles. The third kappa shape index (κ3) is 3.40. The van der Waals surface area contributed by atoms with Crippen LogP contribution in [0.4, 0.5) is 0 Å². The van der Waals surface area contributed by atoms with Crippen LogP contribution in [0, 0.1) is 0 Å². The van der Waals surface area contributed by atoms with Crippen LogP contribution < -0.4 is 0 Å². The van der Waals surface area contributed by atoms with E-state index in [0.29, 0.717) is 10.8 Å². The summed E-state index contributed by atoms with van der Waals surface area (Å²) in [5.74, 6) is 1.74. The molecule has 15 heavy (non-hydrogen) atoms. The number of thioether (sulfide) groups is 1. The summed E-state index contributed by atoms with van der Waals surface area (Å²) in [4.78, 5) is 0. The van der Waals surface area contributed by atoms with E-state index in [1.807, 2.05) is 6.92 Å². The number of aryl methyl sites for hydroxylation is 1. The van der Waals surface area contributed by atoms with E-state index in [4.69, 9.17) is 11.6 Å². The number of aliphatic hydroxyl groups is 1. The van der Waals surface area contributed by atoms with Crippen molar-refractivity contribution in [1.82, 2.24) is 9.78 Å². The zero-order valence-electron chi connectivity index (χ0n) is 9.11. The standard InChI is InChI=1S/C10H17ClN2OS/c1-3-5-15-7-9(14)10-8(11)6-12-13(10)4-2/h6,9,14H,3-5,7H2,1-2H3. The molecule has 0 spiro atoms. The fourth-order valence-corrected chi connectivity index (χ4v) is 2.48. The Hall–Kier alpha value is -0.190. The molecule has 0 amide bonds. The summed E-state index contributed by atoms with van der Waals surface area (Å²) >= 11 is 7.72. The molecule has 0 aliphatic rings. The molecule has 86 valence electrons. The van der Waals surface area contributed by atoms with Crippen LogP contribution in [0.25, 0.3) is 0 Å². The summed E-state index contributed by atoms with van der Waals surface area (Å²) in [5, 5.41) is 14.6. The van der Waals surface area contributed by atoms with E-state index < -0.39 is 6.10 Å². The van der Waals surface area contributed by atoms with Crippen LogP contribution in [0.2, 0.25) is 5.02 Å². The van der Waals surface area contributed by atoms with Gasteiger partial charge in [-0.1, -0.05) is 18.5 Å². The highest BCUT2D eigenvalue weighted by Crippen LogP contribution is 2.25. The molecule has 1 heterocycles. The second kappa shape index (κ2) is 6.40. The van der Waals surface area contributed by atoms with Gasteiger partial charge >= 0.3 is 0 Å². The molecule has 0 aromatic carbocycles. The van der Waals surface area contributed by atoms with Crippen molar-refractivity contribution >= 4 is 23.4 Å². The van der Waals surface area contributed by atoms with Crippen molar-refractivity contribution in [1.29, 1.82) is 0 Å². The predicted molar refractivity (Wildman–Crippen MR) is 65.5 cm³/mol. The Balaban J connectivity index is 2.63. The Morgan fingerprint density at radius 1 is 1.60 bits per heavy atom. The number of aliphatic hydroxyl groups excluding tert-OH is 1. The highest BCUT2D eigenvalue weighted by molar-refractivity contribution is 7.99. The smallest absolute Gasteiger partial charge is 0.106 e. The second-order valence-corrected chi connectivity index (χ2v) is 4.84. The van der Waals surface area contributed by atoms with E-state index in [2.05, 4.69) is 12.0 Å². The van der Waals surface area contributed by atoms with E-state index in [1.165, 1.54) is 0 Å². The summed E-state index contributed by atoms with van der Waals surface area (Å²) in [7, 11) is 0. The Labute approximate surface area is 99.8 Å². The van der Waals surface area contributed by atoms with Gasteiger partial charge < -0.3 is 5.11 Å². The first kappa shape index (κ1) is 12.9. The quantitative estimate of drug-likeness (QED) is 0.787. The van der Waals surface area contributed by atoms with Gasteiger partial charge in [-0.05, 0) is 19.1 Å². The maximum Gasteiger partial charge on any atom is 0.106 e. The minimum atomic E-state index is -0.517. The van der Waals surface area contributed by atoms with E-state index in [-0.39, 0.29) is 0 Å². The number of rotatable bonds is 6. The predicted octanol–water partition coefficient (Wildman–Crippen LogP) is 2.73. The number of hydrogen-bond acceptors (Lipinski definition) is 3. The third-order valence-electron chi connectivity index (χ3n) is 2.07. The Morgan fingerprint density at radius 2 is 2.33 bits per heavy atom. The van der Waals surface area contributed by atoms with Crippen molar-refractivity contribution in [2.45, 2.75) is 32.9 Å². The Bertz CT molecular complexity index is 304. The van der Waals surface area contributed by atoms with Gasteiger partial charge in [0.25, 0.3) is 0 Å². The average Bonchev–Trinajstić information content (AvgIpc) is 2.59. The van der Waals surface area contributed by atoms with Crippen molar-refractivity contribution in [2.24, 2.45) is 0 Å². The lowest BCUT2D eigenvalue weighted by molar-refractivity contribution is 0.192. The Morgan fingerprint density at radius 3 is 2.93 bits per heavy atom. The summed E-state index contributed by atoms with van der Waals surface area (Å²) < 4.78 is 1.75. The largest absolute Gasteiger partial charge is 0.386 e. The van der Waals surface area contributed by atoms with Crippen LogP contribution in [-0.2, 0) is 6.54 Å². The maximum absolute atomic E-state index is 9.96. The van der Waals surface area contributed by atoms with Crippen molar-refractivity contribution in [3.8, 4) is 0 Å². The van der Waals surface area contributed by atoms with Gasteiger partial charge in [0.15, 0.2) is 0 Å². The van der Waals surface area contributed by atoms with Gasteiger partial charge in [0.05, 0.1) is 16.9 Å². The van der Waals surface area contributed by atoms with E-state index in [9.17, 15) is 5.11 Å².